The van der Waals surface area contributed by atoms with Crippen LogP contribution in [0.15, 0.2) is 28.7 Å². The minimum atomic E-state index is -0.134. The lowest BCUT2D eigenvalue weighted by Crippen LogP contribution is -2.33. The summed E-state index contributed by atoms with van der Waals surface area (Å²) >= 11 is 5.69. The second-order valence-electron chi connectivity index (χ2n) is 4.92. The largest absolute Gasteiger partial charge is 0.464 e. The van der Waals surface area contributed by atoms with Crippen molar-refractivity contribution in [3.8, 4) is 0 Å². The Morgan fingerprint density at radius 1 is 1.35 bits per heavy atom. The van der Waals surface area contributed by atoms with Gasteiger partial charge < -0.3 is 9.32 Å². The van der Waals surface area contributed by atoms with E-state index in [4.69, 9.17) is 16.0 Å². The first-order chi connectivity index (χ1) is 9.63. The van der Waals surface area contributed by atoms with Crippen molar-refractivity contribution in [2.45, 2.75) is 32.4 Å². The molecule has 0 aromatic carbocycles. The van der Waals surface area contributed by atoms with Crippen molar-refractivity contribution in [3.63, 3.8) is 0 Å². The van der Waals surface area contributed by atoms with Crippen molar-refractivity contribution in [2.24, 2.45) is 0 Å². The van der Waals surface area contributed by atoms with Crippen molar-refractivity contribution in [2.75, 3.05) is 0 Å². The topological polar surface area (TPSA) is 59.2 Å². The quantitative estimate of drug-likeness (QED) is 0.869. The van der Waals surface area contributed by atoms with Crippen LogP contribution in [0.2, 0.25) is 5.15 Å². The Balaban J connectivity index is 1.79. The van der Waals surface area contributed by atoms with Gasteiger partial charge in [0.15, 0.2) is 10.8 Å². The molecule has 1 aliphatic rings. The maximum atomic E-state index is 12.5. The minimum Gasteiger partial charge on any atom is -0.464 e. The molecule has 2 heterocycles. The number of rotatable bonds is 4. The van der Waals surface area contributed by atoms with Gasteiger partial charge in [0.25, 0.3) is 5.91 Å². The van der Waals surface area contributed by atoms with Crippen LogP contribution in [0.5, 0.6) is 0 Å². The molecule has 1 amide bonds. The number of aromatic nitrogens is 2. The standard InChI is InChI=1S/C14H14ClN3O2/c1-9-2-5-11(20-9)8-18(10-3-4-10)14(19)12-6-7-13(15)17-16-12/h2,5-7,10H,3-4,8H2,1H3. The lowest BCUT2D eigenvalue weighted by atomic mass is 10.3. The Hall–Kier alpha value is -1.88. The molecular formula is C14H14ClN3O2. The Morgan fingerprint density at radius 3 is 2.70 bits per heavy atom. The fraction of sp³-hybridized carbons (Fsp3) is 0.357. The van der Waals surface area contributed by atoms with E-state index < -0.39 is 0 Å². The van der Waals surface area contributed by atoms with E-state index >= 15 is 0 Å². The number of nitrogens with zero attached hydrogens (tertiary/aromatic N) is 3. The van der Waals surface area contributed by atoms with Gasteiger partial charge >= 0.3 is 0 Å². The number of amides is 1. The molecule has 2 aromatic rings. The molecule has 0 saturated heterocycles. The number of carbonyl (C=O) groups is 1. The molecule has 0 radical (unpaired) electrons. The highest BCUT2D eigenvalue weighted by molar-refractivity contribution is 6.29. The summed E-state index contributed by atoms with van der Waals surface area (Å²) in [6, 6.07) is 7.23. The van der Waals surface area contributed by atoms with Gasteiger partial charge in [-0.1, -0.05) is 11.6 Å². The maximum absolute atomic E-state index is 12.5. The Kier molecular flexibility index (Phi) is 3.44. The molecule has 0 atom stereocenters. The smallest absolute Gasteiger partial charge is 0.275 e. The predicted molar refractivity (Wildman–Crippen MR) is 73.4 cm³/mol. The van der Waals surface area contributed by atoms with Crippen LogP contribution < -0.4 is 0 Å². The maximum Gasteiger partial charge on any atom is 0.275 e. The number of halogens is 1. The summed E-state index contributed by atoms with van der Waals surface area (Å²) in [5.74, 6) is 1.49. The zero-order chi connectivity index (χ0) is 14.1. The molecule has 0 aliphatic heterocycles. The van der Waals surface area contributed by atoms with Gasteiger partial charge in [-0.25, -0.2) is 0 Å². The first-order valence-electron chi connectivity index (χ1n) is 6.49. The summed E-state index contributed by atoms with van der Waals surface area (Å²) < 4.78 is 5.55. The van der Waals surface area contributed by atoms with Crippen molar-refractivity contribution >= 4 is 17.5 Å². The van der Waals surface area contributed by atoms with Crippen molar-refractivity contribution < 1.29 is 9.21 Å². The van der Waals surface area contributed by atoms with E-state index in [2.05, 4.69) is 10.2 Å². The van der Waals surface area contributed by atoms with Gasteiger partial charge in [-0.15, -0.1) is 10.2 Å². The molecule has 104 valence electrons. The fourth-order valence-electron chi connectivity index (χ4n) is 2.07. The van der Waals surface area contributed by atoms with E-state index in [0.717, 1.165) is 24.4 Å². The van der Waals surface area contributed by atoms with E-state index in [1.165, 1.54) is 0 Å². The van der Waals surface area contributed by atoms with E-state index in [1.807, 2.05) is 19.1 Å². The SMILES string of the molecule is Cc1ccc(CN(C(=O)c2ccc(Cl)nn2)C2CC2)o1. The van der Waals surface area contributed by atoms with Crippen molar-refractivity contribution in [3.05, 3.63) is 46.6 Å². The second kappa shape index (κ2) is 5.25. The molecule has 0 unspecified atom stereocenters. The van der Waals surface area contributed by atoms with Crippen molar-refractivity contribution in [1.82, 2.24) is 15.1 Å². The molecule has 0 bridgehead atoms. The number of furan rings is 1. The highest BCUT2D eigenvalue weighted by Crippen LogP contribution is 2.29. The highest BCUT2D eigenvalue weighted by Gasteiger charge is 2.34. The van der Waals surface area contributed by atoms with Gasteiger partial charge in [0.2, 0.25) is 0 Å². The normalized spacial score (nSPS) is 14.3. The van der Waals surface area contributed by atoms with Crippen molar-refractivity contribution in [1.29, 1.82) is 0 Å². The first-order valence-corrected chi connectivity index (χ1v) is 6.87. The molecule has 1 fully saturated rings. The molecule has 0 N–H and O–H groups in total. The van der Waals surface area contributed by atoms with E-state index in [0.29, 0.717) is 12.2 Å². The molecule has 20 heavy (non-hydrogen) atoms. The summed E-state index contributed by atoms with van der Waals surface area (Å²) in [7, 11) is 0. The molecule has 0 spiro atoms. The average Bonchev–Trinajstić information content (AvgIpc) is 3.19. The second-order valence-corrected chi connectivity index (χ2v) is 5.31. The van der Waals surface area contributed by atoms with Crippen LogP contribution in [0, 0.1) is 6.92 Å². The molecule has 3 rings (SSSR count). The molecule has 6 heteroatoms. The summed E-state index contributed by atoms with van der Waals surface area (Å²) in [4.78, 5) is 14.3. The lowest BCUT2D eigenvalue weighted by molar-refractivity contribution is 0.0709. The van der Waals surface area contributed by atoms with E-state index in [1.54, 1.807) is 17.0 Å². The highest BCUT2D eigenvalue weighted by atomic mass is 35.5. The summed E-state index contributed by atoms with van der Waals surface area (Å²) in [6.07, 6.45) is 2.04. The number of hydrogen-bond acceptors (Lipinski definition) is 4. The zero-order valence-corrected chi connectivity index (χ0v) is 11.8. The van der Waals surface area contributed by atoms with E-state index in [-0.39, 0.29) is 17.1 Å². The van der Waals surface area contributed by atoms with Crippen LogP contribution in [-0.4, -0.2) is 27.0 Å². The van der Waals surface area contributed by atoms with Gasteiger partial charge in [0.05, 0.1) is 6.54 Å². The third-order valence-electron chi connectivity index (χ3n) is 3.22. The Labute approximate surface area is 121 Å². The van der Waals surface area contributed by atoms with Crippen LogP contribution in [-0.2, 0) is 6.54 Å². The van der Waals surface area contributed by atoms with Gasteiger partial charge in [0, 0.05) is 6.04 Å². The van der Waals surface area contributed by atoms with Crippen LogP contribution in [0.1, 0.15) is 34.9 Å². The van der Waals surface area contributed by atoms with Gasteiger partial charge in [-0.2, -0.15) is 0 Å². The summed E-state index contributed by atoms with van der Waals surface area (Å²) in [5.41, 5.74) is 0.310. The first kappa shape index (κ1) is 13.1. The molecular weight excluding hydrogens is 278 g/mol. The zero-order valence-electron chi connectivity index (χ0n) is 11.0. The summed E-state index contributed by atoms with van der Waals surface area (Å²) in [6.45, 7) is 2.35. The molecule has 1 aliphatic carbocycles. The summed E-state index contributed by atoms with van der Waals surface area (Å²) in [5, 5.41) is 7.85. The van der Waals surface area contributed by atoms with Crippen LogP contribution in [0.25, 0.3) is 0 Å². The van der Waals surface area contributed by atoms with Gasteiger partial charge in [-0.05, 0) is 44.0 Å². The number of carbonyl (C=O) groups excluding carboxylic acids is 1. The number of aryl methyl sites for hydroxylation is 1. The third-order valence-corrected chi connectivity index (χ3v) is 3.42. The lowest BCUT2D eigenvalue weighted by Gasteiger charge is -2.20. The predicted octanol–water partition coefficient (Wildman–Crippen LogP) is 2.84. The Morgan fingerprint density at radius 2 is 2.15 bits per heavy atom. The van der Waals surface area contributed by atoms with E-state index in [9.17, 15) is 4.79 Å². The average molecular weight is 292 g/mol. The monoisotopic (exact) mass is 291 g/mol. The third kappa shape index (κ3) is 2.82. The van der Waals surface area contributed by atoms with Crippen LogP contribution in [0.4, 0.5) is 0 Å². The molecule has 2 aromatic heterocycles. The molecule has 1 saturated carbocycles. The van der Waals surface area contributed by atoms with Gasteiger partial charge in [-0.3, -0.25) is 4.79 Å². The number of hydrogen-bond donors (Lipinski definition) is 0. The minimum absolute atomic E-state index is 0.134. The van der Waals surface area contributed by atoms with Crippen LogP contribution in [0.3, 0.4) is 0 Å². The van der Waals surface area contributed by atoms with Crippen LogP contribution >= 0.6 is 11.6 Å². The Bertz CT molecular complexity index is 620. The molecule has 5 nitrogen and oxygen atoms in total. The fourth-order valence-corrected chi connectivity index (χ4v) is 2.17. The van der Waals surface area contributed by atoms with Gasteiger partial charge in [0.1, 0.15) is 11.5 Å².